The molecule has 35 heavy (non-hydrogen) atoms. The largest absolute Gasteiger partial charge is 0.497 e. The molecule has 1 heterocycles. The highest BCUT2D eigenvalue weighted by molar-refractivity contribution is 7.93. The number of hydrogen-bond donors (Lipinski definition) is 1. The molecule has 0 aliphatic carbocycles. The maximum Gasteiger partial charge on any atom is 0.265 e. The molecule has 8 heteroatoms. The van der Waals surface area contributed by atoms with Gasteiger partial charge in [0.05, 0.1) is 30.8 Å². The topological polar surface area (TPSA) is 84.9 Å². The third-order valence-electron chi connectivity index (χ3n) is 6.17. The molecule has 1 aliphatic heterocycles. The van der Waals surface area contributed by atoms with E-state index in [0.717, 1.165) is 16.5 Å². The Hall–Kier alpha value is -4.04. The summed E-state index contributed by atoms with van der Waals surface area (Å²) in [5.74, 6) is 0.972. The lowest BCUT2D eigenvalue weighted by Gasteiger charge is -2.23. The lowest BCUT2D eigenvalue weighted by Crippen LogP contribution is -2.40. The third-order valence-corrected chi connectivity index (χ3v) is 7.97. The molecule has 0 bridgehead atoms. The highest BCUT2D eigenvalue weighted by atomic mass is 32.2. The fraction of sp³-hybridized carbons (Fsp3) is 0.148. The number of nitrogens with one attached hydrogen (secondary N) is 1. The fourth-order valence-electron chi connectivity index (χ4n) is 4.42. The summed E-state index contributed by atoms with van der Waals surface area (Å²) in [6.45, 7) is -0.334. The predicted octanol–water partition coefficient (Wildman–Crippen LogP) is 4.27. The highest BCUT2D eigenvalue weighted by Gasteiger charge is 2.37. The maximum atomic E-state index is 13.3. The van der Waals surface area contributed by atoms with E-state index in [1.54, 1.807) is 38.5 Å². The van der Waals surface area contributed by atoms with Crippen molar-refractivity contribution in [1.29, 1.82) is 0 Å². The molecule has 0 fully saturated rings. The molecular formula is C27H24N2O5S. The van der Waals surface area contributed by atoms with E-state index in [1.807, 2.05) is 60.7 Å². The van der Waals surface area contributed by atoms with Crippen LogP contribution in [0, 0.1) is 0 Å². The zero-order chi connectivity index (χ0) is 24.6. The number of sulfonamides is 1. The van der Waals surface area contributed by atoms with Crippen LogP contribution in [0.4, 0.5) is 5.69 Å². The van der Waals surface area contributed by atoms with E-state index in [0.29, 0.717) is 22.6 Å². The highest BCUT2D eigenvalue weighted by Crippen LogP contribution is 2.41. The Balaban J connectivity index is 1.46. The Morgan fingerprint density at radius 1 is 0.829 bits per heavy atom. The van der Waals surface area contributed by atoms with Crippen LogP contribution in [-0.4, -0.2) is 35.1 Å². The summed E-state index contributed by atoms with van der Waals surface area (Å²) >= 11 is 0. The van der Waals surface area contributed by atoms with Crippen LogP contribution in [0.2, 0.25) is 0 Å². The number of hydrogen-bond acceptors (Lipinski definition) is 5. The first kappa shape index (κ1) is 22.7. The number of carbonyl (C=O) groups excluding carboxylic acids is 1. The Bertz CT molecular complexity index is 1450. The second-order valence-corrected chi connectivity index (χ2v) is 10.0. The zero-order valence-corrected chi connectivity index (χ0v) is 20.1. The van der Waals surface area contributed by atoms with Crippen LogP contribution in [0.25, 0.3) is 10.8 Å². The van der Waals surface area contributed by atoms with Gasteiger partial charge in [0.15, 0.2) is 0 Å². The van der Waals surface area contributed by atoms with Gasteiger partial charge in [-0.3, -0.25) is 9.10 Å². The van der Waals surface area contributed by atoms with E-state index in [9.17, 15) is 13.2 Å². The van der Waals surface area contributed by atoms with E-state index in [4.69, 9.17) is 9.47 Å². The minimum absolute atomic E-state index is 0.222. The molecule has 0 radical (unpaired) electrons. The molecule has 0 saturated heterocycles. The van der Waals surface area contributed by atoms with E-state index in [-0.39, 0.29) is 11.4 Å². The Kier molecular flexibility index (Phi) is 5.82. The van der Waals surface area contributed by atoms with Crippen molar-refractivity contribution in [2.75, 3.05) is 25.1 Å². The molecule has 5 rings (SSSR count). The molecule has 0 unspecified atom stereocenters. The molecule has 1 amide bonds. The summed E-state index contributed by atoms with van der Waals surface area (Å²) in [5.41, 5.74) is 2.18. The first-order chi connectivity index (χ1) is 16.9. The van der Waals surface area contributed by atoms with Gasteiger partial charge in [0.25, 0.3) is 10.0 Å². The Labute approximate surface area is 204 Å². The fourth-order valence-corrected chi connectivity index (χ4v) is 6.08. The number of carbonyl (C=O) groups is 1. The van der Waals surface area contributed by atoms with Gasteiger partial charge in [-0.15, -0.1) is 0 Å². The first-order valence-corrected chi connectivity index (χ1v) is 12.5. The SMILES string of the molecule is COc1ccc(C(NC(=O)CN2c3cccc4cccc(c34)S2(=O)=O)c2ccc(OC)cc2)cc1. The summed E-state index contributed by atoms with van der Waals surface area (Å²) in [6, 6.07) is 24.8. The molecular weight excluding hydrogens is 464 g/mol. The van der Waals surface area contributed by atoms with Crippen molar-refractivity contribution >= 4 is 32.4 Å². The number of ether oxygens (including phenoxy) is 2. The van der Waals surface area contributed by atoms with E-state index in [1.165, 1.54) is 4.31 Å². The van der Waals surface area contributed by atoms with Crippen molar-refractivity contribution < 1.29 is 22.7 Å². The van der Waals surface area contributed by atoms with Gasteiger partial charge in [0.1, 0.15) is 18.0 Å². The monoisotopic (exact) mass is 488 g/mol. The van der Waals surface area contributed by atoms with Crippen LogP contribution in [0.5, 0.6) is 11.5 Å². The average Bonchev–Trinajstić information content (AvgIpc) is 3.10. The van der Waals surface area contributed by atoms with Gasteiger partial charge in [0, 0.05) is 5.39 Å². The molecule has 0 saturated carbocycles. The standard InChI is InChI=1S/C27H24N2O5S/c1-33-21-13-9-19(10-14-21)27(20-11-15-22(34-2)16-12-20)28-25(30)17-29-23-7-3-5-18-6-4-8-24(26(18)23)35(29,31)32/h3-16,27H,17H2,1-2H3,(H,28,30). The van der Waals surface area contributed by atoms with E-state index in [2.05, 4.69) is 5.32 Å². The smallest absolute Gasteiger partial charge is 0.265 e. The zero-order valence-electron chi connectivity index (χ0n) is 19.3. The molecule has 0 spiro atoms. The summed E-state index contributed by atoms with van der Waals surface area (Å²) in [4.78, 5) is 13.5. The van der Waals surface area contributed by atoms with Gasteiger partial charge in [-0.2, -0.15) is 0 Å². The van der Waals surface area contributed by atoms with Crippen LogP contribution < -0.4 is 19.1 Å². The molecule has 4 aromatic carbocycles. The molecule has 7 nitrogen and oxygen atoms in total. The van der Waals surface area contributed by atoms with Crippen molar-refractivity contribution in [3.05, 3.63) is 96.1 Å². The summed E-state index contributed by atoms with van der Waals surface area (Å²) < 4.78 is 38.3. The van der Waals surface area contributed by atoms with Gasteiger partial charge < -0.3 is 14.8 Å². The lowest BCUT2D eigenvalue weighted by atomic mass is 9.98. The van der Waals surface area contributed by atoms with Crippen LogP contribution >= 0.6 is 0 Å². The number of rotatable bonds is 7. The molecule has 0 aromatic heterocycles. The average molecular weight is 489 g/mol. The Morgan fingerprint density at radius 3 is 1.91 bits per heavy atom. The van der Waals surface area contributed by atoms with Gasteiger partial charge in [-0.1, -0.05) is 48.5 Å². The van der Waals surface area contributed by atoms with Gasteiger partial charge in [-0.05, 0) is 52.9 Å². The predicted molar refractivity (Wildman–Crippen MR) is 134 cm³/mol. The second-order valence-electron chi connectivity index (χ2n) is 8.19. The van der Waals surface area contributed by atoms with E-state index >= 15 is 0 Å². The van der Waals surface area contributed by atoms with Crippen LogP contribution in [0.1, 0.15) is 17.2 Å². The molecule has 4 aromatic rings. The van der Waals surface area contributed by atoms with Crippen molar-refractivity contribution in [2.24, 2.45) is 0 Å². The van der Waals surface area contributed by atoms with E-state index < -0.39 is 22.0 Å². The molecule has 1 aliphatic rings. The Morgan fingerprint density at radius 2 is 1.37 bits per heavy atom. The third kappa shape index (κ3) is 4.06. The van der Waals surface area contributed by atoms with Crippen molar-refractivity contribution in [1.82, 2.24) is 5.32 Å². The van der Waals surface area contributed by atoms with Crippen molar-refractivity contribution in [3.8, 4) is 11.5 Å². The minimum Gasteiger partial charge on any atom is -0.497 e. The first-order valence-electron chi connectivity index (χ1n) is 11.0. The van der Waals surface area contributed by atoms with Crippen LogP contribution in [0.3, 0.4) is 0 Å². The molecule has 1 N–H and O–H groups in total. The van der Waals surface area contributed by atoms with Gasteiger partial charge in [0.2, 0.25) is 5.91 Å². The summed E-state index contributed by atoms with van der Waals surface area (Å²) in [6.07, 6.45) is 0. The summed E-state index contributed by atoms with van der Waals surface area (Å²) in [5, 5.41) is 4.48. The van der Waals surface area contributed by atoms with Crippen molar-refractivity contribution in [3.63, 3.8) is 0 Å². The van der Waals surface area contributed by atoms with Crippen LogP contribution in [-0.2, 0) is 14.8 Å². The van der Waals surface area contributed by atoms with Crippen molar-refractivity contribution in [2.45, 2.75) is 10.9 Å². The number of anilines is 1. The quantitative estimate of drug-likeness (QED) is 0.420. The maximum absolute atomic E-state index is 13.3. The number of amides is 1. The minimum atomic E-state index is -3.84. The molecule has 178 valence electrons. The summed E-state index contributed by atoms with van der Waals surface area (Å²) in [7, 11) is -0.657. The number of methoxy groups -OCH3 is 2. The number of benzene rings is 4. The van der Waals surface area contributed by atoms with Gasteiger partial charge >= 0.3 is 0 Å². The number of nitrogens with zero attached hydrogens (tertiary/aromatic N) is 1. The normalized spacial score (nSPS) is 13.7. The lowest BCUT2D eigenvalue weighted by molar-refractivity contribution is -0.120. The second kappa shape index (κ2) is 8.96. The van der Waals surface area contributed by atoms with Crippen LogP contribution in [0.15, 0.2) is 89.8 Å². The van der Waals surface area contributed by atoms with Gasteiger partial charge in [-0.25, -0.2) is 8.42 Å². The molecule has 0 atom stereocenters.